The van der Waals surface area contributed by atoms with Crippen molar-refractivity contribution in [2.24, 2.45) is 5.73 Å². The maximum Gasteiger partial charge on any atom is 0.222 e. The second-order valence-electron chi connectivity index (χ2n) is 3.53. The Bertz CT molecular complexity index is 432. The van der Waals surface area contributed by atoms with E-state index in [4.69, 9.17) is 10.5 Å². The average Bonchev–Trinajstić information content (AvgIpc) is 2.82. The summed E-state index contributed by atoms with van der Waals surface area (Å²) < 4.78 is 5.12. The van der Waals surface area contributed by atoms with E-state index in [2.05, 4.69) is 17.2 Å². The molecule has 0 saturated heterocycles. The summed E-state index contributed by atoms with van der Waals surface area (Å²) in [5.74, 6) is 5.76. The third-order valence-corrected chi connectivity index (χ3v) is 3.06. The molecule has 5 heteroatoms. The number of carbonyl (C=O) groups is 1. The zero-order chi connectivity index (χ0) is 13.2. The van der Waals surface area contributed by atoms with Crippen LogP contribution in [-0.4, -0.2) is 25.7 Å². The molecule has 0 atom stereocenters. The minimum absolute atomic E-state index is 0.00597. The zero-order valence-corrected chi connectivity index (χ0v) is 11.3. The molecule has 0 fully saturated rings. The molecule has 4 nitrogen and oxygen atoms in total. The van der Waals surface area contributed by atoms with Gasteiger partial charge in [-0.05, 0) is 13.0 Å². The number of carbonyl (C=O) groups excluding carboxylic acids is 1. The highest BCUT2D eigenvalue weighted by atomic mass is 32.1. The summed E-state index contributed by atoms with van der Waals surface area (Å²) in [5, 5.41) is 4.81. The fraction of sp³-hybridized carbons (Fsp3) is 0.462. The number of nitrogens with two attached hydrogens (primary N) is 1. The standard InChI is InChI=1S/C13H18N2O2S/c1-2-17-7-5-13(16)15-9-12-8-11(10-18-12)4-3-6-14/h8,10H,2,5-7,9,14H2,1H3,(H,15,16). The molecular formula is C13H18N2O2S. The van der Waals surface area contributed by atoms with E-state index >= 15 is 0 Å². The number of hydrogen-bond donors (Lipinski definition) is 2. The van der Waals surface area contributed by atoms with E-state index < -0.39 is 0 Å². The Morgan fingerprint density at radius 1 is 1.61 bits per heavy atom. The Balaban J connectivity index is 2.30. The molecule has 98 valence electrons. The second kappa shape index (κ2) is 8.70. The largest absolute Gasteiger partial charge is 0.381 e. The van der Waals surface area contributed by atoms with E-state index in [1.54, 1.807) is 11.3 Å². The van der Waals surface area contributed by atoms with Gasteiger partial charge in [0.1, 0.15) is 0 Å². The van der Waals surface area contributed by atoms with Gasteiger partial charge in [-0.2, -0.15) is 0 Å². The fourth-order valence-electron chi connectivity index (χ4n) is 1.28. The first kappa shape index (κ1) is 14.7. The van der Waals surface area contributed by atoms with Gasteiger partial charge in [-0.3, -0.25) is 4.79 Å². The molecule has 1 rings (SSSR count). The Kier molecular flexibility index (Phi) is 7.11. The summed E-state index contributed by atoms with van der Waals surface area (Å²) in [6, 6.07) is 1.97. The van der Waals surface area contributed by atoms with Crippen LogP contribution >= 0.6 is 11.3 Å². The molecule has 1 aromatic heterocycles. The van der Waals surface area contributed by atoms with E-state index in [0.29, 0.717) is 32.7 Å². The molecule has 0 radical (unpaired) electrons. The monoisotopic (exact) mass is 266 g/mol. The topological polar surface area (TPSA) is 64.3 Å². The average molecular weight is 266 g/mol. The summed E-state index contributed by atoms with van der Waals surface area (Å²) in [7, 11) is 0. The van der Waals surface area contributed by atoms with Crippen LogP contribution in [0.1, 0.15) is 23.8 Å². The number of ether oxygens (including phenoxy) is 1. The molecule has 0 saturated carbocycles. The van der Waals surface area contributed by atoms with Crippen molar-refractivity contribution in [2.75, 3.05) is 19.8 Å². The van der Waals surface area contributed by atoms with Crippen molar-refractivity contribution in [3.05, 3.63) is 21.9 Å². The molecule has 0 spiro atoms. The molecule has 1 aromatic rings. The lowest BCUT2D eigenvalue weighted by Gasteiger charge is -2.03. The molecule has 3 N–H and O–H groups in total. The summed E-state index contributed by atoms with van der Waals surface area (Å²) in [5.41, 5.74) is 6.25. The molecule has 0 aliphatic carbocycles. The van der Waals surface area contributed by atoms with Crippen LogP contribution in [0, 0.1) is 11.8 Å². The molecule has 1 heterocycles. The van der Waals surface area contributed by atoms with Gasteiger partial charge < -0.3 is 15.8 Å². The van der Waals surface area contributed by atoms with Crippen molar-refractivity contribution in [1.29, 1.82) is 0 Å². The minimum atomic E-state index is 0.00597. The minimum Gasteiger partial charge on any atom is -0.381 e. The zero-order valence-electron chi connectivity index (χ0n) is 10.5. The van der Waals surface area contributed by atoms with Crippen LogP contribution in [0.15, 0.2) is 11.4 Å². The highest BCUT2D eigenvalue weighted by Crippen LogP contribution is 2.13. The third-order valence-electron chi connectivity index (χ3n) is 2.13. The van der Waals surface area contributed by atoms with Gasteiger partial charge in [-0.25, -0.2) is 0 Å². The van der Waals surface area contributed by atoms with Gasteiger partial charge >= 0.3 is 0 Å². The van der Waals surface area contributed by atoms with Crippen molar-refractivity contribution in [3.8, 4) is 11.8 Å². The van der Waals surface area contributed by atoms with Crippen LogP contribution in [0.3, 0.4) is 0 Å². The lowest BCUT2D eigenvalue weighted by molar-refractivity contribution is -0.122. The molecule has 0 aliphatic heterocycles. The van der Waals surface area contributed by atoms with Gasteiger partial charge in [0.05, 0.1) is 19.7 Å². The number of thiophene rings is 1. The van der Waals surface area contributed by atoms with E-state index in [1.165, 1.54) is 0 Å². The third kappa shape index (κ3) is 5.82. The molecule has 18 heavy (non-hydrogen) atoms. The van der Waals surface area contributed by atoms with Crippen molar-refractivity contribution in [1.82, 2.24) is 5.32 Å². The van der Waals surface area contributed by atoms with Crippen molar-refractivity contribution < 1.29 is 9.53 Å². The first-order chi connectivity index (χ1) is 8.76. The van der Waals surface area contributed by atoms with Crippen LogP contribution in [0.25, 0.3) is 0 Å². The quantitative estimate of drug-likeness (QED) is 0.598. The van der Waals surface area contributed by atoms with Gasteiger partial charge in [0.15, 0.2) is 0 Å². The van der Waals surface area contributed by atoms with Gasteiger partial charge in [-0.15, -0.1) is 11.3 Å². The van der Waals surface area contributed by atoms with Crippen LogP contribution < -0.4 is 11.1 Å². The maximum absolute atomic E-state index is 11.4. The number of hydrogen-bond acceptors (Lipinski definition) is 4. The fourth-order valence-corrected chi connectivity index (χ4v) is 2.03. The molecular weight excluding hydrogens is 248 g/mol. The number of amides is 1. The van der Waals surface area contributed by atoms with Gasteiger partial charge in [0.2, 0.25) is 5.91 Å². The lowest BCUT2D eigenvalue weighted by Crippen LogP contribution is -2.23. The van der Waals surface area contributed by atoms with Crippen LogP contribution in [-0.2, 0) is 16.1 Å². The van der Waals surface area contributed by atoms with E-state index in [0.717, 1.165) is 10.4 Å². The Hall–Kier alpha value is -1.35. The molecule has 1 amide bonds. The summed E-state index contributed by atoms with van der Waals surface area (Å²) in [6.07, 6.45) is 0.402. The van der Waals surface area contributed by atoms with E-state index in [9.17, 15) is 4.79 Å². The summed E-state index contributed by atoms with van der Waals surface area (Å²) >= 11 is 1.58. The van der Waals surface area contributed by atoms with Crippen molar-refractivity contribution >= 4 is 17.2 Å². The molecule has 0 bridgehead atoms. The van der Waals surface area contributed by atoms with Gasteiger partial charge in [-0.1, -0.05) is 11.8 Å². The highest BCUT2D eigenvalue weighted by Gasteiger charge is 2.02. The molecule has 0 unspecified atom stereocenters. The summed E-state index contributed by atoms with van der Waals surface area (Å²) in [6.45, 7) is 3.92. The highest BCUT2D eigenvalue weighted by molar-refractivity contribution is 7.10. The maximum atomic E-state index is 11.4. The van der Waals surface area contributed by atoms with Crippen LogP contribution in [0.5, 0.6) is 0 Å². The van der Waals surface area contributed by atoms with Crippen LogP contribution in [0.2, 0.25) is 0 Å². The van der Waals surface area contributed by atoms with Crippen molar-refractivity contribution in [3.63, 3.8) is 0 Å². The Morgan fingerprint density at radius 2 is 2.44 bits per heavy atom. The Morgan fingerprint density at radius 3 is 3.17 bits per heavy atom. The van der Waals surface area contributed by atoms with E-state index in [-0.39, 0.29) is 5.91 Å². The van der Waals surface area contributed by atoms with Gasteiger partial charge in [0, 0.05) is 28.8 Å². The van der Waals surface area contributed by atoms with Crippen LogP contribution in [0.4, 0.5) is 0 Å². The number of rotatable bonds is 6. The number of nitrogens with one attached hydrogen (secondary N) is 1. The van der Waals surface area contributed by atoms with Gasteiger partial charge in [0.25, 0.3) is 0 Å². The molecule has 0 aromatic carbocycles. The predicted octanol–water partition coefficient (Wildman–Crippen LogP) is 1.10. The molecule has 0 aliphatic rings. The van der Waals surface area contributed by atoms with E-state index in [1.807, 2.05) is 18.4 Å². The first-order valence-corrected chi connectivity index (χ1v) is 6.75. The lowest BCUT2D eigenvalue weighted by atomic mass is 10.3. The smallest absolute Gasteiger partial charge is 0.222 e. The van der Waals surface area contributed by atoms with Crippen molar-refractivity contribution in [2.45, 2.75) is 19.9 Å². The normalized spacial score (nSPS) is 9.67. The predicted molar refractivity (Wildman–Crippen MR) is 73.2 cm³/mol. The SMILES string of the molecule is CCOCCC(=O)NCc1cc(C#CCN)cs1. The second-order valence-corrected chi connectivity index (χ2v) is 4.53. The Labute approximate surface area is 112 Å². The summed E-state index contributed by atoms with van der Waals surface area (Å²) in [4.78, 5) is 12.5. The first-order valence-electron chi connectivity index (χ1n) is 5.87.